The van der Waals surface area contributed by atoms with Crippen molar-refractivity contribution in [3.05, 3.63) is 112 Å². The monoisotopic (exact) mass is 436 g/mol. The van der Waals surface area contributed by atoms with Crippen LogP contribution in [-0.2, 0) is 0 Å². The molecule has 0 fully saturated rings. The van der Waals surface area contributed by atoms with E-state index in [2.05, 4.69) is 0 Å². The van der Waals surface area contributed by atoms with Gasteiger partial charge in [0, 0.05) is 5.56 Å². The van der Waals surface area contributed by atoms with E-state index in [1.165, 1.54) is 11.8 Å². The van der Waals surface area contributed by atoms with Crippen LogP contribution >= 0.6 is 11.8 Å². The maximum absolute atomic E-state index is 13.6. The first-order valence-corrected chi connectivity index (χ1v) is 11.3. The molecule has 0 amide bonds. The fourth-order valence-corrected chi connectivity index (χ4v) is 4.61. The van der Waals surface area contributed by atoms with Gasteiger partial charge in [-0.2, -0.15) is 0 Å². The lowest BCUT2D eigenvalue weighted by molar-refractivity contribution is 0.102. The second-order valence-electron chi connectivity index (χ2n) is 7.66. The lowest BCUT2D eigenvalue weighted by atomic mass is 10.1. The molecular weight excluding hydrogens is 416 g/mol. The molecule has 0 unspecified atom stereocenters. The van der Waals surface area contributed by atoms with Gasteiger partial charge in [0.15, 0.2) is 10.9 Å². The maximum Gasteiger partial charge on any atom is 0.266 e. The summed E-state index contributed by atoms with van der Waals surface area (Å²) in [6.07, 6.45) is 0. The van der Waals surface area contributed by atoms with Gasteiger partial charge in [-0.15, -0.1) is 0 Å². The quantitative estimate of drug-likeness (QED) is 0.151. The first kappa shape index (κ1) is 20.2. The number of carbonyl (C=O) groups excluding carboxylic acids is 1. The summed E-state index contributed by atoms with van der Waals surface area (Å²) in [6.45, 7) is 1.99. The smallest absolute Gasteiger partial charge is 0.266 e. The fourth-order valence-electron chi connectivity index (χ4n) is 3.71. The molecule has 4 nitrogen and oxygen atoms in total. The Morgan fingerprint density at radius 2 is 1.53 bits per heavy atom. The van der Waals surface area contributed by atoms with Gasteiger partial charge in [0.2, 0.25) is 0 Å². The Balaban J connectivity index is 1.62. The Bertz CT molecular complexity index is 1510. The summed E-state index contributed by atoms with van der Waals surface area (Å²) in [5, 5.41) is 3.08. The van der Waals surface area contributed by atoms with Crippen molar-refractivity contribution >= 4 is 39.2 Å². The average molecular weight is 437 g/mol. The van der Waals surface area contributed by atoms with Crippen LogP contribution in [-0.4, -0.2) is 21.1 Å². The molecule has 0 spiro atoms. The Morgan fingerprint density at radius 3 is 2.25 bits per heavy atom. The summed E-state index contributed by atoms with van der Waals surface area (Å²) >= 11 is 1.29. The molecule has 0 atom stereocenters. The number of nitrogens with zero attached hydrogens (tertiary/aromatic N) is 2. The molecule has 32 heavy (non-hydrogen) atoms. The summed E-state index contributed by atoms with van der Waals surface area (Å²) < 4.78 is 1.60. The second-order valence-corrected chi connectivity index (χ2v) is 8.61. The number of aromatic nitrogens is 2. The Labute approximate surface area is 189 Å². The third-order valence-corrected chi connectivity index (χ3v) is 6.36. The van der Waals surface area contributed by atoms with Crippen molar-refractivity contribution in [2.75, 3.05) is 5.75 Å². The normalized spacial score (nSPS) is 11.2. The van der Waals surface area contributed by atoms with Gasteiger partial charge in [-0.1, -0.05) is 84.1 Å². The van der Waals surface area contributed by atoms with Crippen LogP contribution in [0.2, 0.25) is 0 Å². The molecule has 0 radical (unpaired) electrons. The van der Waals surface area contributed by atoms with Crippen molar-refractivity contribution in [1.29, 1.82) is 0 Å². The molecular formula is C27H20N2O2S. The van der Waals surface area contributed by atoms with Crippen molar-refractivity contribution in [2.45, 2.75) is 12.1 Å². The molecule has 0 saturated carbocycles. The second kappa shape index (κ2) is 8.44. The maximum atomic E-state index is 13.6. The van der Waals surface area contributed by atoms with Crippen molar-refractivity contribution in [2.24, 2.45) is 0 Å². The minimum Gasteiger partial charge on any atom is -0.293 e. The number of carbonyl (C=O) groups is 1. The molecule has 1 aromatic heterocycles. The minimum absolute atomic E-state index is 0.00229. The number of rotatable bonds is 5. The molecule has 5 rings (SSSR count). The van der Waals surface area contributed by atoms with E-state index in [1.54, 1.807) is 4.57 Å². The predicted molar refractivity (Wildman–Crippen MR) is 131 cm³/mol. The molecule has 0 bridgehead atoms. The van der Waals surface area contributed by atoms with E-state index < -0.39 is 0 Å². The van der Waals surface area contributed by atoms with E-state index >= 15 is 0 Å². The van der Waals surface area contributed by atoms with Crippen LogP contribution in [0.4, 0.5) is 0 Å². The molecule has 0 N–H and O–H groups in total. The number of Topliss-reactive ketones (excluding diaryl/α,β-unsaturated/α-hetero) is 1. The third-order valence-electron chi connectivity index (χ3n) is 5.43. The Morgan fingerprint density at radius 1 is 0.875 bits per heavy atom. The number of ketones is 1. The van der Waals surface area contributed by atoms with Crippen LogP contribution in [0.5, 0.6) is 0 Å². The van der Waals surface area contributed by atoms with Gasteiger partial charge in [0.25, 0.3) is 5.56 Å². The van der Waals surface area contributed by atoms with Crippen LogP contribution in [0, 0.1) is 6.92 Å². The van der Waals surface area contributed by atoms with E-state index in [0.717, 1.165) is 22.0 Å². The molecule has 0 aliphatic rings. The van der Waals surface area contributed by atoms with Crippen LogP contribution < -0.4 is 5.56 Å². The largest absolute Gasteiger partial charge is 0.293 e. The molecule has 156 valence electrons. The van der Waals surface area contributed by atoms with E-state index in [0.29, 0.717) is 21.6 Å². The van der Waals surface area contributed by atoms with E-state index in [9.17, 15) is 9.59 Å². The van der Waals surface area contributed by atoms with Crippen LogP contribution in [0.1, 0.15) is 15.9 Å². The topological polar surface area (TPSA) is 52.0 Å². The zero-order chi connectivity index (χ0) is 22.1. The van der Waals surface area contributed by atoms with Crippen molar-refractivity contribution in [3.63, 3.8) is 0 Å². The molecule has 1 heterocycles. The molecule has 5 heteroatoms. The van der Waals surface area contributed by atoms with Gasteiger partial charge in [-0.3, -0.25) is 14.2 Å². The summed E-state index contributed by atoms with van der Waals surface area (Å²) in [5.74, 6) is 0.198. The number of thioether (sulfide) groups is 1. The number of fused-ring (bicyclic) bond motifs is 2. The fraction of sp³-hybridized carbons (Fsp3) is 0.0741. The standard InChI is InChI=1S/C27H20N2O2S/c1-18-11-13-19(14-12-18)25(30)17-32-27-28-24-16-21-8-6-5-7-20(21)15-23(24)26(31)29(27)22-9-3-2-4-10-22/h2-16H,17H2,1H3. The molecule has 4 aromatic carbocycles. The van der Waals surface area contributed by atoms with Crippen molar-refractivity contribution in [3.8, 4) is 5.69 Å². The summed E-state index contributed by atoms with van der Waals surface area (Å²) in [6, 6.07) is 28.7. The van der Waals surface area contributed by atoms with Gasteiger partial charge in [0.05, 0.1) is 22.3 Å². The highest BCUT2D eigenvalue weighted by Gasteiger charge is 2.16. The summed E-state index contributed by atoms with van der Waals surface area (Å²) in [4.78, 5) is 31.2. The third kappa shape index (κ3) is 3.83. The molecule has 0 aliphatic heterocycles. The van der Waals surface area contributed by atoms with Gasteiger partial charge in [0.1, 0.15) is 0 Å². The summed E-state index contributed by atoms with van der Waals surface area (Å²) in [7, 11) is 0. The highest BCUT2D eigenvalue weighted by atomic mass is 32.2. The lowest BCUT2D eigenvalue weighted by Crippen LogP contribution is -2.22. The van der Waals surface area contributed by atoms with Gasteiger partial charge in [-0.05, 0) is 42.0 Å². The van der Waals surface area contributed by atoms with Crippen molar-refractivity contribution < 1.29 is 4.79 Å². The predicted octanol–water partition coefficient (Wildman–Crippen LogP) is 5.82. The highest BCUT2D eigenvalue weighted by molar-refractivity contribution is 7.99. The van der Waals surface area contributed by atoms with Crippen LogP contribution in [0.3, 0.4) is 0 Å². The Kier molecular flexibility index (Phi) is 5.33. The average Bonchev–Trinajstić information content (AvgIpc) is 2.82. The highest BCUT2D eigenvalue weighted by Crippen LogP contribution is 2.25. The molecule has 0 aliphatic carbocycles. The first-order chi connectivity index (χ1) is 15.6. The number of benzene rings is 4. The van der Waals surface area contributed by atoms with Gasteiger partial charge in [-0.25, -0.2) is 4.98 Å². The van der Waals surface area contributed by atoms with E-state index in [1.807, 2.05) is 97.9 Å². The van der Waals surface area contributed by atoms with Crippen LogP contribution in [0.15, 0.2) is 101 Å². The molecule has 0 saturated heterocycles. The first-order valence-electron chi connectivity index (χ1n) is 10.3. The van der Waals surface area contributed by atoms with E-state index in [-0.39, 0.29) is 17.1 Å². The number of para-hydroxylation sites is 1. The van der Waals surface area contributed by atoms with Crippen LogP contribution in [0.25, 0.3) is 27.4 Å². The number of hydrogen-bond donors (Lipinski definition) is 0. The molecule has 5 aromatic rings. The van der Waals surface area contributed by atoms with Crippen molar-refractivity contribution in [1.82, 2.24) is 9.55 Å². The lowest BCUT2D eigenvalue weighted by Gasteiger charge is -2.13. The SMILES string of the molecule is Cc1ccc(C(=O)CSc2nc3cc4ccccc4cc3c(=O)n2-c2ccccc2)cc1. The van der Waals surface area contributed by atoms with E-state index in [4.69, 9.17) is 4.98 Å². The summed E-state index contributed by atoms with van der Waals surface area (Å²) in [5.41, 5.74) is 2.98. The zero-order valence-electron chi connectivity index (χ0n) is 17.5. The van der Waals surface area contributed by atoms with Gasteiger partial charge >= 0.3 is 0 Å². The van der Waals surface area contributed by atoms with Gasteiger partial charge < -0.3 is 0 Å². The number of hydrogen-bond acceptors (Lipinski definition) is 4. The minimum atomic E-state index is -0.141. The number of aryl methyl sites for hydroxylation is 1. The Hall–Kier alpha value is -3.70. The zero-order valence-corrected chi connectivity index (χ0v) is 18.3.